The van der Waals surface area contributed by atoms with E-state index in [1.807, 2.05) is 38.1 Å². The lowest BCUT2D eigenvalue weighted by atomic mass is 10.0. The number of benzene rings is 1. The summed E-state index contributed by atoms with van der Waals surface area (Å²) in [6.45, 7) is 9.28. The van der Waals surface area contributed by atoms with Crippen LogP contribution in [0.15, 0.2) is 43.1 Å². The number of ether oxygens (including phenoxy) is 1. The predicted molar refractivity (Wildman–Crippen MR) is 98.6 cm³/mol. The Labute approximate surface area is 147 Å². The number of anilines is 1. The minimum atomic E-state index is -0.374. The molecule has 0 N–H and O–H groups in total. The van der Waals surface area contributed by atoms with Gasteiger partial charge in [-0.15, -0.1) is 0 Å². The number of esters is 1. The van der Waals surface area contributed by atoms with Crippen LogP contribution in [0, 0.1) is 13.8 Å². The molecule has 1 aromatic heterocycles. The van der Waals surface area contributed by atoms with Crippen LogP contribution in [0.2, 0.25) is 0 Å². The molecule has 25 heavy (non-hydrogen) atoms. The van der Waals surface area contributed by atoms with E-state index in [0.29, 0.717) is 11.3 Å². The van der Waals surface area contributed by atoms with Crippen LogP contribution in [0.4, 0.5) is 5.69 Å². The smallest absolute Gasteiger partial charge is 0.302 e. The molecule has 2 rings (SSSR count). The van der Waals surface area contributed by atoms with E-state index in [2.05, 4.69) is 11.6 Å². The Morgan fingerprint density at radius 3 is 2.56 bits per heavy atom. The van der Waals surface area contributed by atoms with Gasteiger partial charge in [-0.25, -0.2) is 0 Å². The first-order chi connectivity index (χ1) is 12.0. The summed E-state index contributed by atoms with van der Waals surface area (Å²) in [5.41, 5.74) is 3.60. The van der Waals surface area contributed by atoms with Crippen molar-refractivity contribution < 1.29 is 14.3 Å². The summed E-state index contributed by atoms with van der Waals surface area (Å²) in [5, 5.41) is 0. The quantitative estimate of drug-likeness (QED) is 0.756. The summed E-state index contributed by atoms with van der Waals surface area (Å²) >= 11 is 0. The van der Waals surface area contributed by atoms with Crippen molar-refractivity contribution in [2.45, 2.75) is 20.8 Å². The van der Waals surface area contributed by atoms with Gasteiger partial charge in [0.1, 0.15) is 6.61 Å². The number of pyridine rings is 1. The topological polar surface area (TPSA) is 59.5 Å². The van der Waals surface area contributed by atoms with Gasteiger partial charge in [-0.2, -0.15) is 0 Å². The van der Waals surface area contributed by atoms with Crippen LogP contribution in [-0.2, 0) is 9.53 Å². The molecule has 0 radical (unpaired) electrons. The van der Waals surface area contributed by atoms with Gasteiger partial charge in [0.2, 0.25) is 0 Å². The highest BCUT2D eigenvalue weighted by Crippen LogP contribution is 2.24. The van der Waals surface area contributed by atoms with E-state index in [9.17, 15) is 9.59 Å². The van der Waals surface area contributed by atoms with E-state index >= 15 is 0 Å². The molecule has 0 fully saturated rings. The lowest BCUT2D eigenvalue weighted by molar-refractivity contribution is -0.140. The molecule has 1 aromatic carbocycles. The Balaban J connectivity index is 2.45. The monoisotopic (exact) mass is 338 g/mol. The number of nitrogens with zero attached hydrogens (tertiary/aromatic N) is 2. The van der Waals surface area contributed by atoms with Crippen molar-refractivity contribution in [3.8, 4) is 0 Å². The van der Waals surface area contributed by atoms with Crippen LogP contribution in [0.1, 0.15) is 34.1 Å². The molecule has 1 heterocycles. The summed E-state index contributed by atoms with van der Waals surface area (Å²) in [5.74, 6) is -0.566. The summed E-state index contributed by atoms with van der Waals surface area (Å²) in [4.78, 5) is 30.2. The van der Waals surface area contributed by atoms with Gasteiger partial charge in [-0.05, 0) is 43.2 Å². The Bertz CT molecular complexity index is 799. The zero-order valence-corrected chi connectivity index (χ0v) is 14.8. The lowest BCUT2D eigenvalue weighted by Crippen LogP contribution is -2.36. The molecule has 0 saturated carbocycles. The van der Waals surface area contributed by atoms with Gasteiger partial charge in [0.05, 0.1) is 17.8 Å². The maximum Gasteiger partial charge on any atom is 0.302 e. The third kappa shape index (κ3) is 4.32. The minimum absolute atomic E-state index is 0.123. The molecule has 0 atom stereocenters. The number of aromatic nitrogens is 1. The van der Waals surface area contributed by atoms with Crippen molar-refractivity contribution >= 4 is 23.6 Å². The van der Waals surface area contributed by atoms with Crippen molar-refractivity contribution in [1.29, 1.82) is 0 Å². The number of carbonyl (C=O) groups excluding carboxylic acids is 2. The average Bonchev–Trinajstić information content (AvgIpc) is 2.58. The van der Waals surface area contributed by atoms with Crippen molar-refractivity contribution in [2.24, 2.45) is 0 Å². The van der Waals surface area contributed by atoms with Gasteiger partial charge < -0.3 is 9.64 Å². The normalized spacial score (nSPS) is 10.2. The fourth-order valence-corrected chi connectivity index (χ4v) is 2.63. The second-order valence-electron chi connectivity index (χ2n) is 5.68. The van der Waals surface area contributed by atoms with Crippen molar-refractivity contribution in [3.63, 3.8) is 0 Å². The largest absolute Gasteiger partial charge is 0.464 e. The molecule has 0 saturated heterocycles. The van der Waals surface area contributed by atoms with Crippen molar-refractivity contribution in [1.82, 2.24) is 4.98 Å². The highest BCUT2D eigenvalue weighted by atomic mass is 16.5. The number of para-hydroxylation sites is 1. The average molecular weight is 338 g/mol. The molecular formula is C20H22N2O3. The SMILES string of the molecule is C=Cc1nccc(C)c1C(=O)N(CCOC(C)=O)c1ccccc1C. The molecule has 5 heteroatoms. The number of aryl methyl sites for hydroxylation is 2. The molecular weight excluding hydrogens is 316 g/mol. The number of hydrogen-bond acceptors (Lipinski definition) is 4. The Morgan fingerprint density at radius 1 is 1.20 bits per heavy atom. The van der Waals surface area contributed by atoms with Crippen molar-refractivity contribution in [2.75, 3.05) is 18.1 Å². The Hall–Kier alpha value is -2.95. The third-order valence-electron chi connectivity index (χ3n) is 3.87. The molecule has 0 aliphatic carbocycles. The van der Waals surface area contributed by atoms with E-state index in [-0.39, 0.29) is 25.0 Å². The number of amides is 1. The summed E-state index contributed by atoms with van der Waals surface area (Å²) in [7, 11) is 0. The van der Waals surface area contributed by atoms with Gasteiger partial charge in [0.15, 0.2) is 0 Å². The van der Waals surface area contributed by atoms with E-state index < -0.39 is 0 Å². The second-order valence-corrected chi connectivity index (χ2v) is 5.68. The molecule has 0 spiro atoms. The summed E-state index contributed by atoms with van der Waals surface area (Å²) < 4.78 is 5.04. The number of rotatable bonds is 6. The highest BCUT2D eigenvalue weighted by Gasteiger charge is 2.23. The molecule has 0 aliphatic heterocycles. The van der Waals surface area contributed by atoms with Gasteiger partial charge in [0.25, 0.3) is 5.91 Å². The van der Waals surface area contributed by atoms with E-state index in [0.717, 1.165) is 16.8 Å². The minimum Gasteiger partial charge on any atom is -0.464 e. The maximum atomic E-state index is 13.3. The predicted octanol–water partition coefficient (Wildman–Crippen LogP) is 3.55. The fourth-order valence-electron chi connectivity index (χ4n) is 2.63. The summed E-state index contributed by atoms with van der Waals surface area (Å²) in [6, 6.07) is 9.39. The van der Waals surface area contributed by atoms with Crippen LogP contribution < -0.4 is 4.90 Å². The van der Waals surface area contributed by atoms with Gasteiger partial charge in [-0.1, -0.05) is 24.8 Å². The van der Waals surface area contributed by atoms with E-state index in [4.69, 9.17) is 4.74 Å². The maximum absolute atomic E-state index is 13.3. The first kappa shape index (κ1) is 18.4. The Kier molecular flexibility index (Phi) is 6.06. The van der Waals surface area contributed by atoms with Crippen LogP contribution in [-0.4, -0.2) is 30.0 Å². The first-order valence-corrected chi connectivity index (χ1v) is 8.04. The van der Waals surface area contributed by atoms with Gasteiger partial charge in [-0.3, -0.25) is 14.6 Å². The molecule has 0 unspecified atom stereocenters. The Morgan fingerprint density at radius 2 is 1.92 bits per heavy atom. The summed E-state index contributed by atoms with van der Waals surface area (Å²) in [6.07, 6.45) is 3.22. The molecule has 5 nitrogen and oxygen atoms in total. The number of hydrogen-bond donors (Lipinski definition) is 0. The van der Waals surface area contributed by atoms with Gasteiger partial charge in [0, 0.05) is 18.8 Å². The lowest BCUT2D eigenvalue weighted by Gasteiger charge is -2.25. The third-order valence-corrected chi connectivity index (χ3v) is 3.87. The molecule has 0 aliphatic rings. The van der Waals surface area contributed by atoms with Gasteiger partial charge >= 0.3 is 5.97 Å². The standard InChI is InChI=1S/C20H22N2O3/c1-5-17-19(15(3)10-11-21-17)20(24)22(12-13-25-16(4)23)18-9-7-6-8-14(18)2/h5-11H,1,12-13H2,2-4H3. The molecule has 1 amide bonds. The molecule has 0 bridgehead atoms. The highest BCUT2D eigenvalue weighted by molar-refractivity contribution is 6.09. The number of carbonyl (C=O) groups is 2. The fraction of sp³-hybridized carbons (Fsp3) is 0.250. The van der Waals surface area contributed by atoms with E-state index in [1.54, 1.807) is 23.2 Å². The first-order valence-electron chi connectivity index (χ1n) is 8.04. The van der Waals surface area contributed by atoms with Crippen LogP contribution in [0.5, 0.6) is 0 Å². The van der Waals surface area contributed by atoms with E-state index in [1.165, 1.54) is 6.92 Å². The molecule has 130 valence electrons. The molecule has 2 aromatic rings. The zero-order valence-electron chi connectivity index (χ0n) is 14.8. The van der Waals surface area contributed by atoms with Crippen LogP contribution in [0.25, 0.3) is 6.08 Å². The second kappa shape index (κ2) is 8.24. The zero-order chi connectivity index (χ0) is 18.4. The van der Waals surface area contributed by atoms with Crippen LogP contribution in [0.3, 0.4) is 0 Å². The van der Waals surface area contributed by atoms with Crippen LogP contribution >= 0.6 is 0 Å². The van der Waals surface area contributed by atoms with Crippen molar-refractivity contribution in [3.05, 3.63) is 65.5 Å².